The normalized spacial score (nSPS) is 15.2. The lowest BCUT2D eigenvalue weighted by atomic mass is 10.1. The van der Waals surface area contributed by atoms with E-state index in [4.69, 9.17) is 11.5 Å². The number of nitrogen functional groups attached to an aromatic ring is 1. The Balaban J connectivity index is 2.30. The molecule has 2 rings (SSSR count). The third-order valence-corrected chi connectivity index (χ3v) is 3.63. The minimum Gasteiger partial charge on any atom is -0.393 e. The molecule has 0 bridgehead atoms. The number of anilines is 2. The van der Waals surface area contributed by atoms with Gasteiger partial charge in [0.05, 0.1) is 11.5 Å². The highest BCUT2D eigenvalue weighted by molar-refractivity contribution is 5.80. The van der Waals surface area contributed by atoms with E-state index in [-0.39, 0.29) is 24.0 Å². The van der Waals surface area contributed by atoms with Gasteiger partial charge in [0.1, 0.15) is 5.69 Å². The van der Waals surface area contributed by atoms with Crippen LogP contribution in [0.1, 0.15) is 25.7 Å². The summed E-state index contributed by atoms with van der Waals surface area (Å²) in [5.74, 6) is -0.422. The first-order chi connectivity index (χ1) is 9.49. The Morgan fingerprint density at radius 2 is 2.05 bits per heavy atom. The van der Waals surface area contributed by atoms with Crippen molar-refractivity contribution >= 4 is 23.0 Å². The van der Waals surface area contributed by atoms with Crippen LogP contribution in [0.5, 0.6) is 0 Å². The second-order valence-electron chi connectivity index (χ2n) is 5.03. The third-order valence-electron chi connectivity index (χ3n) is 3.63. The van der Waals surface area contributed by atoms with Gasteiger partial charge in [0.15, 0.2) is 0 Å². The monoisotopic (exact) mass is 278 g/mol. The van der Waals surface area contributed by atoms with Gasteiger partial charge >= 0.3 is 0 Å². The summed E-state index contributed by atoms with van der Waals surface area (Å²) in [6.45, 7) is 0.0991. The molecule has 1 aromatic carbocycles. The van der Waals surface area contributed by atoms with Crippen molar-refractivity contribution in [3.8, 4) is 0 Å². The molecule has 1 fully saturated rings. The molecule has 0 unspecified atom stereocenters. The number of hydrogen-bond donors (Lipinski definition) is 2. The van der Waals surface area contributed by atoms with Gasteiger partial charge in [-0.3, -0.25) is 14.9 Å². The van der Waals surface area contributed by atoms with E-state index in [9.17, 15) is 14.9 Å². The van der Waals surface area contributed by atoms with E-state index < -0.39 is 10.8 Å². The molecule has 0 aromatic heterocycles. The zero-order valence-corrected chi connectivity index (χ0v) is 11.1. The molecule has 0 atom stereocenters. The minimum absolute atomic E-state index is 0.0972. The van der Waals surface area contributed by atoms with Gasteiger partial charge in [-0.2, -0.15) is 0 Å². The lowest BCUT2D eigenvalue weighted by Crippen LogP contribution is -2.40. The molecule has 108 valence electrons. The van der Waals surface area contributed by atoms with Gasteiger partial charge in [-0.1, -0.05) is 12.8 Å². The number of nitro groups is 1. The summed E-state index contributed by atoms with van der Waals surface area (Å²) >= 11 is 0. The number of nitrogens with two attached hydrogens (primary N) is 2. The lowest BCUT2D eigenvalue weighted by molar-refractivity contribution is -0.383. The van der Waals surface area contributed by atoms with Crippen molar-refractivity contribution in [3.05, 3.63) is 28.3 Å². The van der Waals surface area contributed by atoms with Crippen molar-refractivity contribution in [2.75, 3.05) is 17.2 Å². The van der Waals surface area contributed by atoms with E-state index in [0.29, 0.717) is 5.69 Å². The second-order valence-corrected chi connectivity index (χ2v) is 5.03. The zero-order valence-electron chi connectivity index (χ0n) is 11.1. The summed E-state index contributed by atoms with van der Waals surface area (Å²) in [4.78, 5) is 23.4. The number of rotatable bonds is 5. The van der Waals surface area contributed by atoms with Gasteiger partial charge in [-0.05, 0) is 25.0 Å². The number of carbonyl (C=O) groups is 1. The molecule has 0 saturated heterocycles. The van der Waals surface area contributed by atoms with Crippen molar-refractivity contribution in [1.82, 2.24) is 0 Å². The smallest absolute Gasteiger partial charge is 0.292 e. The first-order valence-corrected chi connectivity index (χ1v) is 6.58. The van der Waals surface area contributed by atoms with Crippen LogP contribution in [0.2, 0.25) is 0 Å². The van der Waals surface area contributed by atoms with Crippen LogP contribution in [0.4, 0.5) is 17.1 Å². The SMILES string of the molecule is NC(=O)CN(c1ccc([N+](=O)[O-])c(N)c1)C1CCCC1. The van der Waals surface area contributed by atoms with Gasteiger partial charge in [-0.15, -0.1) is 0 Å². The molecule has 1 aliphatic carbocycles. The first kappa shape index (κ1) is 14.1. The Morgan fingerprint density at radius 3 is 2.55 bits per heavy atom. The Labute approximate surface area is 116 Å². The Morgan fingerprint density at radius 1 is 1.40 bits per heavy atom. The van der Waals surface area contributed by atoms with Gasteiger partial charge in [-0.25, -0.2) is 0 Å². The number of amides is 1. The fourth-order valence-electron chi connectivity index (χ4n) is 2.70. The van der Waals surface area contributed by atoms with Gasteiger partial charge in [0.2, 0.25) is 5.91 Å². The summed E-state index contributed by atoms with van der Waals surface area (Å²) in [6, 6.07) is 4.77. The van der Waals surface area contributed by atoms with Crippen molar-refractivity contribution in [2.24, 2.45) is 5.73 Å². The van der Waals surface area contributed by atoms with Gasteiger partial charge in [0.25, 0.3) is 5.69 Å². The third kappa shape index (κ3) is 2.98. The van der Waals surface area contributed by atoms with E-state index in [1.807, 2.05) is 4.90 Å². The molecular formula is C13H18N4O3. The number of primary amides is 1. The van der Waals surface area contributed by atoms with Crippen molar-refractivity contribution in [1.29, 1.82) is 0 Å². The largest absolute Gasteiger partial charge is 0.393 e. The van der Waals surface area contributed by atoms with Crippen molar-refractivity contribution < 1.29 is 9.72 Å². The number of nitro benzene ring substituents is 1. The average Bonchev–Trinajstić information content (AvgIpc) is 2.88. The molecule has 0 radical (unpaired) electrons. The molecule has 0 spiro atoms. The van der Waals surface area contributed by atoms with Crippen LogP contribution in [0.15, 0.2) is 18.2 Å². The molecule has 1 aromatic rings. The van der Waals surface area contributed by atoms with E-state index in [2.05, 4.69) is 0 Å². The fourth-order valence-corrected chi connectivity index (χ4v) is 2.70. The highest BCUT2D eigenvalue weighted by Gasteiger charge is 2.25. The molecule has 1 saturated carbocycles. The minimum atomic E-state index is -0.521. The molecular weight excluding hydrogens is 260 g/mol. The van der Waals surface area contributed by atoms with Crippen LogP contribution < -0.4 is 16.4 Å². The molecule has 4 N–H and O–H groups in total. The summed E-state index contributed by atoms with van der Waals surface area (Å²) in [6.07, 6.45) is 4.21. The van der Waals surface area contributed by atoms with E-state index >= 15 is 0 Å². The first-order valence-electron chi connectivity index (χ1n) is 6.58. The topological polar surface area (TPSA) is 115 Å². The van der Waals surface area contributed by atoms with Crippen LogP contribution >= 0.6 is 0 Å². The molecule has 1 aliphatic rings. The van der Waals surface area contributed by atoms with Crippen LogP contribution in [0.3, 0.4) is 0 Å². The van der Waals surface area contributed by atoms with Crippen molar-refractivity contribution in [2.45, 2.75) is 31.7 Å². The van der Waals surface area contributed by atoms with E-state index in [1.165, 1.54) is 6.07 Å². The van der Waals surface area contributed by atoms with Crippen LogP contribution in [-0.4, -0.2) is 23.4 Å². The highest BCUT2D eigenvalue weighted by Crippen LogP contribution is 2.32. The quantitative estimate of drug-likeness (QED) is 0.480. The molecule has 0 aliphatic heterocycles. The maximum absolute atomic E-state index is 11.2. The Bertz CT molecular complexity index is 526. The molecule has 7 heteroatoms. The maximum atomic E-state index is 11.2. The second kappa shape index (κ2) is 5.77. The zero-order chi connectivity index (χ0) is 14.7. The standard InChI is InChI=1S/C13H18N4O3/c14-11-7-10(5-6-12(11)17(19)20)16(8-13(15)18)9-3-1-2-4-9/h5-7,9H,1-4,8,14H2,(H2,15,18). The van der Waals surface area contributed by atoms with Crippen LogP contribution in [-0.2, 0) is 4.79 Å². The van der Waals surface area contributed by atoms with E-state index in [0.717, 1.165) is 25.7 Å². The number of benzene rings is 1. The summed E-state index contributed by atoms with van der Waals surface area (Å²) < 4.78 is 0. The number of hydrogen-bond acceptors (Lipinski definition) is 5. The summed E-state index contributed by atoms with van der Waals surface area (Å²) in [5.41, 5.74) is 11.7. The molecule has 20 heavy (non-hydrogen) atoms. The molecule has 7 nitrogen and oxygen atoms in total. The summed E-state index contributed by atoms with van der Waals surface area (Å²) in [5, 5.41) is 10.8. The Hall–Kier alpha value is -2.31. The highest BCUT2D eigenvalue weighted by atomic mass is 16.6. The predicted octanol–water partition coefficient (Wildman–Crippen LogP) is 1.41. The molecule has 0 heterocycles. The number of nitrogens with zero attached hydrogens (tertiary/aromatic N) is 2. The van der Waals surface area contributed by atoms with Crippen LogP contribution in [0, 0.1) is 10.1 Å². The Kier molecular flexibility index (Phi) is 4.07. The molecule has 1 amide bonds. The maximum Gasteiger partial charge on any atom is 0.292 e. The lowest BCUT2D eigenvalue weighted by Gasteiger charge is -2.30. The fraction of sp³-hybridized carbons (Fsp3) is 0.462. The van der Waals surface area contributed by atoms with Crippen molar-refractivity contribution in [3.63, 3.8) is 0 Å². The van der Waals surface area contributed by atoms with Gasteiger partial charge in [0, 0.05) is 17.8 Å². The van der Waals surface area contributed by atoms with Crippen LogP contribution in [0.25, 0.3) is 0 Å². The predicted molar refractivity (Wildman–Crippen MR) is 76.3 cm³/mol. The van der Waals surface area contributed by atoms with E-state index in [1.54, 1.807) is 12.1 Å². The summed E-state index contributed by atoms with van der Waals surface area (Å²) in [7, 11) is 0. The number of carbonyl (C=O) groups excluding carboxylic acids is 1. The average molecular weight is 278 g/mol. The van der Waals surface area contributed by atoms with Gasteiger partial charge < -0.3 is 16.4 Å².